The summed E-state index contributed by atoms with van der Waals surface area (Å²) in [6.45, 7) is 0. The normalized spacial score (nSPS) is 10.8. The van der Waals surface area contributed by atoms with Gasteiger partial charge in [0.05, 0.1) is 11.3 Å². The second-order valence-electron chi connectivity index (χ2n) is 5.58. The van der Waals surface area contributed by atoms with Gasteiger partial charge < -0.3 is 5.32 Å². The maximum Gasteiger partial charge on any atom is 0.259 e. The van der Waals surface area contributed by atoms with Crippen LogP contribution in [0.15, 0.2) is 66.9 Å². The van der Waals surface area contributed by atoms with E-state index in [4.69, 9.17) is 0 Å². The smallest absolute Gasteiger partial charge is 0.259 e. The van der Waals surface area contributed by atoms with Crippen molar-refractivity contribution >= 4 is 17.2 Å². The molecule has 4 rings (SSSR count). The lowest BCUT2D eigenvalue weighted by atomic mass is 10.2. The third kappa shape index (κ3) is 2.79. The summed E-state index contributed by atoms with van der Waals surface area (Å²) in [5, 5.41) is 10.7. The van der Waals surface area contributed by atoms with E-state index in [-0.39, 0.29) is 11.3 Å². The third-order valence-electron chi connectivity index (χ3n) is 3.89. The standard InChI is InChI=1S/C19H12F2N4O/c20-13-8-9-16(15(21)11-13)22-19(26)14-7-4-10-25-17(23-24-18(14)25)12-5-2-1-3-6-12/h1-11H,(H,22,26). The van der Waals surface area contributed by atoms with Gasteiger partial charge in [-0.15, -0.1) is 10.2 Å². The van der Waals surface area contributed by atoms with Gasteiger partial charge in [-0.05, 0) is 24.3 Å². The average Bonchev–Trinajstić information content (AvgIpc) is 3.09. The van der Waals surface area contributed by atoms with Gasteiger partial charge in [-0.2, -0.15) is 0 Å². The molecule has 0 unspecified atom stereocenters. The number of halogens is 2. The second-order valence-corrected chi connectivity index (χ2v) is 5.58. The number of carbonyl (C=O) groups excluding carboxylic acids is 1. The number of hydrogen-bond acceptors (Lipinski definition) is 3. The molecule has 2 heterocycles. The highest BCUT2D eigenvalue weighted by molar-refractivity contribution is 6.08. The van der Waals surface area contributed by atoms with Crippen LogP contribution >= 0.6 is 0 Å². The topological polar surface area (TPSA) is 59.3 Å². The van der Waals surface area contributed by atoms with Crippen molar-refractivity contribution in [3.8, 4) is 11.4 Å². The van der Waals surface area contributed by atoms with Crippen LogP contribution in [0.4, 0.5) is 14.5 Å². The van der Waals surface area contributed by atoms with Crippen LogP contribution in [0.5, 0.6) is 0 Å². The Morgan fingerprint density at radius 1 is 0.962 bits per heavy atom. The molecule has 7 heteroatoms. The molecule has 0 aliphatic carbocycles. The fourth-order valence-electron chi connectivity index (χ4n) is 2.66. The average molecular weight is 350 g/mol. The molecular formula is C19H12F2N4O. The predicted molar refractivity (Wildman–Crippen MR) is 92.7 cm³/mol. The number of benzene rings is 2. The SMILES string of the molecule is O=C(Nc1ccc(F)cc1F)c1cccn2c(-c3ccccc3)nnc12. The van der Waals surface area contributed by atoms with Crippen molar-refractivity contribution in [3.63, 3.8) is 0 Å². The molecule has 5 nitrogen and oxygen atoms in total. The van der Waals surface area contributed by atoms with Gasteiger partial charge in [-0.25, -0.2) is 8.78 Å². The van der Waals surface area contributed by atoms with Crippen LogP contribution in [-0.4, -0.2) is 20.5 Å². The lowest BCUT2D eigenvalue weighted by Gasteiger charge is -2.07. The number of nitrogens with one attached hydrogen (secondary N) is 1. The molecular weight excluding hydrogens is 338 g/mol. The fourth-order valence-corrected chi connectivity index (χ4v) is 2.66. The predicted octanol–water partition coefficient (Wildman–Crippen LogP) is 3.93. The number of pyridine rings is 1. The minimum Gasteiger partial charge on any atom is -0.319 e. The van der Waals surface area contributed by atoms with Crippen LogP contribution in [-0.2, 0) is 0 Å². The van der Waals surface area contributed by atoms with Gasteiger partial charge in [0.2, 0.25) is 0 Å². The van der Waals surface area contributed by atoms with E-state index >= 15 is 0 Å². The Balaban J connectivity index is 1.73. The molecule has 26 heavy (non-hydrogen) atoms. The maximum atomic E-state index is 13.8. The van der Waals surface area contributed by atoms with E-state index in [1.807, 2.05) is 30.3 Å². The molecule has 0 fully saturated rings. The van der Waals surface area contributed by atoms with Crippen molar-refractivity contribution in [1.29, 1.82) is 0 Å². The summed E-state index contributed by atoms with van der Waals surface area (Å²) in [7, 11) is 0. The Bertz CT molecular complexity index is 1110. The number of carbonyl (C=O) groups is 1. The van der Waals surface area contributed by atoms with E-state index in [1.54, 1.807) is 22.7 Å². The van der Waals surface area contributed by atoms with Crippen LogP contribution in [0.25, 0.3) is 17.0 Å². The lowest BCUT2D eigenvalue weighted by molar-refractivity contribution is 0.102. The van der Waals surface area contributed by atoms with Crippen molar-refractivity contribution in [1.82, 2.24) is 14.6 Å². The Morgan fingerprint density at radius 2 is 1.77 bits per heavy atom. The molecule has 0 aliphatic rings. The summed E-state index contributed by atoms with van der Waals surface area (Å²) in [4.78, 5) is 12.6. The number of hydrogen-bond donors (Lipinski definition) is 1. The Hall–Kier alpha value is -3.61. The van der Waals surface area contributed by atoms with Crippen LogP contribution < -0.4 is 5.32 Å². The van der Waals surface area contributed by atoms with Gasteiger partial charge in [0.1, 0.15) is 11.6 Å². The largest absolute Gasteiger partial charge is 0.319 e. The summed E-state index contributed by atoms with van der Waals surface area (Å²) in [6.07, 6.45) is 1.74. The van der Waals surface area contributed by atoms with Crippen molar-refractivity contribution < 1.29 is 13.6 Å². The summed E-state index contributed by atoms with van der Waals surface area (Å²) in [5.41, 5.74) is 1.31. The first-order chi connectivity index (χ1) is 12.6. The number of fused-ring (bicyclic) bond motifs is 1. The number of rotatable bonds is 3. The number of amides is 1. The molecule has 2 aromatic heterocycles. The van der Waals surface area contributed by atoms with Crippen molar-refractivity contribution in [2.75, 3.05) is 5.32 Å². The summed E-state index contributed by atoms with van der Waals surface area (Å²) in [6, 6.07) is 15.6. The van der Waals surface area contributed by atoms with Gasteiger partial charge >= 0.3 is 0 Å². The zero-order valence-electron chi connectivity index (χ0n) is 13.4. The highest BCUT2D eigenvalue weighted by Gasteiger charge is 2.17. The first kappa shape index (κ1) is 15.9. The zero-order chi connectivity index (χ0) is 18.1. The Labute approximate surface area is 146 Å². The van der Waals surface area contributed by atoms with Crippen LogP contribution in [0, 0.1) is 11.6 Å². The van der Waals surface area contributed by atoms with Crippen LogP contribution in [0.1, 0.15) is 10.4 Å². The molecule has 0 radical (unpaired) electrons. The van der Waals surface area contributed by atoms with E-state index < -0.39 is 17.5 Å². The van der Waals surface area contributed by atoms with Crippen molar-refractivity contribution in [2.45, 2.75) is 0 Å². The molecule has 0 bridgehead atoms. The van der Waals surface area contributed by atoms with E-state index in [9.17, 15) is 13.6 Å². The highest BCUT2D eigenvalue weighted by Crippen LogP contribution is 2.21. The summed E-state index contributed by atoms with van der Waals surface area (Å²) < 4.78 is 28.5. The van der Waals surface area contributed by atoms with Gasteiger partial charge in [0.15, 0.2) is 11.5 Å². The minimum absolute atomic E-state index is 0.110. The number of aromatic nitrogens is 3. The molecule has 0 spiro atoms. The highest BCUT2D eigenvalue weighted by atomic mass is 19.1. The first-order valence-corrected chi connectivity index (χ1v) is 7.79. The Kier molecular flexibility index (Phi) is 3.89. The number of anilines is 1. The molecule has 0 saturated heterocycles. The molecule has 0 saturated carbocycles. The molecule has 128 valence electrons. The van der Waals surface area contributed by atoms with Gasteiger partial charge in [-0.1, -0.05) is 30.3 Å². The first-order valence-electron chi connectivity index (χ1n) is 7.79. The number of nitrogens with zero attached hydrogens (tertiary/aromatic N) is 3. The molecule has 0 atom stereocenters. The molecule has 1 amide bonds. The van der Waals surface area contributed by atoms with Crippen molar-refractivity contribution in [3.05, 3.63) is 84.1 Å². The van der Waals surface area contributed by atoms with E-state index in [2.05, 4.69) is 15.5 Å². The minimum atomic E-state index is -0.850. The monoisotopic (exact) mass is 350 g/mol. The quantitative estimate of drug-likeness (QED) is 0.609. The van der Waals surface area contributed by atoms with Crippen LogP contribution in [0.3, 0.4) is 0 Å². The molecule has 4 aromatic rings. The fraction of sp³-hybridized carbons (Fsp3) is 0. The third-order valence-corrected chi connectivity index (χ3v) is 3.89. The second kappa shape index (κ2) is 6.36. The summed E-state index contributed by atoms with van der Waals surface area (Å²) >= 11 is 0. The molecule has 2 aromatic carbocycles. The maximum absolute atomic E-state index is 13.8. The molecule has 0 aliphatic heterocycles. The van der Waals surface area contributed by atoms with Gasteiger partial charge in [0.25, 0.3) is 5.91 Å². The summed E-state index contributed by atoms with van der Waals surface area (Å²) in [5.74, 6) is -1.54. The molecule has 1 N–H and O–H groups in total. The zero-order valence-corrected chi connectivity index (χ0v) is 13.4. The van der Waals surface area contributed by atoms with E-state index in [0.717, 1.165) is 11.6 Å². The van der Waals surface area contributed by atoms with Gasteiger partial charge in [-0.3, -0.25) is 9.20 Å². The van der Waals surface area contributed by atoms with Crippen molar-refractivity contribution in [2.24, 2.45) is 0 Å². The van der Waals surface area contributed by atoms with E-state index in [1.165, 1.54) is 6.07 Å². The van der Waals surface area contributed by atoms with Crippen LogP contribution in [0.2, 0.25) is 0 Å². The van der Waals surface area contributed by atoms with Gasteiger partial charge in [0, 0.05) is 17.8 Å². The Morgan fingerprint density at radius 3 is 2.54 bits per heavy atom. The lowest BCUT2D eigenvalue weighted by Crippen LogP contribution is -2.14. The van der Waals surface area contributed by atoms with E-state index in [0.29, 0.717) is 17.5 Å².